The van der Waals surface area contributed by atoms with Crippen LogP contribution in [0.4, 0.5) is 14.9 Å². The van der Waals surface area contributed by atoms with Gasteiger partial charge in [0.1, 0.15) is 17.6 Å². The van der Waals surface area contributed by atoms with Crippen LogP contribution in [0.15, 0.2) is 30.5 Å². The topological polar surface area (TPSA) is 129 Å². The van der Waals surface area contributed by atoms with E-state index in [4.69, 9.17) is 0 Å². The number of carbonyl (C=O) groups is 4. The maximum Gasteiger partial charge on any atom is 0.315 e. The first-order valence-corrected chi connectivity index (χ1v) is 16.4. The van der Waals surface area contributed by atoms with Crippen LogP contribution >= 0.6 is 0 Å². The lowest BCUT2D eigenvalue weighted by Gasteiger charge is -2.34. The number of piperazine rings is 1. The summed E-state index contributed by atoms with van der Waals surface area (Å²) in [5.74, 6) is -1.90. The highest BCUT2D eigenvalue weighted by Gasteiger charge is 2.34. The van der Waals surface area contributed by atoms with E-state index in [9.17, 15) is 19.2 Å². The van der Waals surface area contributed by atoms with Gasteiger partial charge in [-0.1, -0.05) is 25.3 Å². The summed E-state index contributed by atoms with van der Waals surface area (Å²) in [6, 6.07) is 5.02. The van der Waals surface area contributed by atoms with Crippen LogP contribution in [0.1, 0.15) is 74.3 Å². The molecule has 11 nitrogen and oxygen atoms in total. The Hall–Kier alpha value is -3.80. The molecule has 0 radical (unpaired) electrons. The average molecular weight is 624 g/mol. The molecule has 3 N–H and O–H groups in total. The number of Topliss-reactive ketones (excluding diaryl/α,β-unsaturated/α-hetero) is 1. The Labute approximate surface area is 264 Å². The van der Waals surface area contributed by atoms with Gasteiger partial charge in [0.15, 0.2) is 5.78 Å². The lowest BCUT2D eigenvalue weighted by atomic mass is 9.77. The van der Waals surface area contributed by atoms with Crippen molar-refractivity contribution in [1.82, 2.24) is 30.2 Å². The van der Waals surface area contributed by atoms with Gasteiger partial charge in [-0.15, -0.1) is 0 Å². The van der Waals surface area contributed by atoms with Crippen molar-refractivity contribution < 1.29 is 23.6 Å². The van der Waals surface area contributed by atoms with Crippen LogP contribution in [0.2, 0.25) is 0 Å². The maximum absolute atomic E-state index is 15.5. The molecule has 2 atom stereocenters. The second-order valence-electron chi connectivity index (χ2n) is 12.7. The fraction of sp³-hybridized carbons (Fsp3) is 0.606. The van der Waals surface area contributed by atoms with Gasteiger partial charge in [-0.3, -0.25) is 19.1 Å². The van der Waals surface area contributed by atoms with E-state index in [0.717, 1.165) is 58.0 Å². The molecule has 3 aliphatic rings. The van der Waals surface area contributed by atoms with E-state index >= 15 is 4.39 Å². The van der Waals surface area contributed by atoms with E-state index in [1.165, 1.54) is 12.1 Å². The number of anilines is 1. The van der Waals surface area contributed by atoms with Gasteiger partial charge in [-0.05, 0) is 69.3 Å². The zero-order valence-electron chi connectivity index (χ0n) is 26.4. The molecule has 45 heavy (non-hydrogen) atoms. The Balaban J connectivity index is 1.28. The predicted octanol–water partition coefficient (Wildman–Crippen LogP) is 3.60. The van der Waals surface area contributed by atoms with E-state index in [1.807, 2.05) is 14.0 Å². The molecule has 3 fully saturated rings. The molecule has 1 aromatic carbocycles. The van der Waals surface area contributed by atoms with Gasteiger partial charge in [-0.2, -0.15) is 5.10 Å². The summed E-state index contributed by atoms with van der Waals surface area (Å²) in [4.78, 5) is 56.8. The van der Waals surface area contributed by atoms with Gasteiger partial charge in [-0.25, -0.2) is 9.18 Å². The average Bonchev–Trinajstić information content (AvgIpc) is 3.71. The third-order valence-electron chi connectivity index (χ3n) is 9.32. The van der Waals surface area contributed by atoms with Gasteiger partial charge in [0.05, 0.1) is 5.69 Å². The number of nitrogens with one attached hydrogen (secondary N) is 3. The van der Waals surface area contributed by atoms with Crippen molar-refractivity contribution in [3.8, 4) is 0 Å². The van der Waals surface area contributed by atoms with Crippen molar-refractivity contribution in [2.75, 3.05) is 38.5 Å². The molecule has 2 aromatic rings. The van der Waals surface area contributed by atoms with Gasteiger partial charge >= 0.3 is 6.03 Å². The molecular weight excluding hydrogens is 577 g/mol. The summed E-state index contributed by atoms with van der Waals surface area (Å²) in [7, 11) is 2.00. The lowest BCUT2D eigenvalue weighted by molar-refractivity contribution is -0.134. The van der Waals surface area contributed by atoms with Gasteiger partial charge in [0, 0.05) is 63.7 Å². The maximum atomic E-state index is 15.5. The normalized spacial score (nSPS) is 19.0. The number of rotatable bonds is 12. The number of aromatic nitrogens is 2. The molecular formula is C33H46FN7O4. The second-order valence-corrected chi connectivity index (χ2v) is 12.7. The van der Waals surface area contributed by atoms with Crippen molar-refractivity contribution in [1.29, 1.82) is 0 Å². The SMILES string of the molecule is CCn1nccc1C(=O)C[C@H](C(=O)Nc1ccc(C[C@@H](NC(=O)NC2CC2)C(=O)N2CCN(C)CC2)cc1F)C1CCCCC1. The van der Waals surface area contributed by atoms with Crippen LogP contribution in [0, 0.1) is 17.7 Å². The monoisotopic (exact) mass is 623 g/mol. The van der Waals surface area contributed by atoms with Crippen molar-refractivity contribution in [2.24, 2.45) is 11.8 Å². The van der Waals surface area contributed by atoms with E-state index in [-0.39, 0.29) is 48.1 Å². The second kappa shape index (κ2) is 15.0. The Kier molecular flexibility index (Phi) is 10.9. The van der Waals surface area contributed by atoms with Crippen LogP contribution < -0.4 is 16.0 Å². The summed E-state index contributed by atoms with van der Waals surface area (Å²) >= 11 is 0. The molecule has 2 aliphatic carbocycles. The van der Waals surface area contributed by atoms with Crippen LogP contribution in [0.5, 0.6) is 0 Å². The number of urea groups is 1. The molecule has 4 amide bonds. The number of halogens is 1. The van der Waals surface area contributed by atoms with E-state index < -0.39 is 23.8 Å². The molecule has 12 heteroatoms. The molecule has 1 saturated heterocycles. The predicted molar refractivity (Wildman–Crippen MR) is 168 cm³/mol. The Morgan fingerprint density at radius 2 is 1.73 bits per heavy atom. The quantitative estimate of drug-likeness (QED) is 0.310. The van der Waals surface area contributed by atoms with Crippen LogP contribution in [-0.2, 0) is 22.6 Å². The number of hydrogen-bond donors (Lipinski definition) is 3. The fourth-order valence-corrected chi connectivity index (χ4v) is 6.44. The van der Waals surface area contributed by atoms with Crippen LogP contribution in [0.25, 0.3) is 0 Å². The summed E-state index contributed by atoms with van der Waals surface area (Å²) in [5, 5.41) is 12.6. The Bertz CT molecular complexity index is 1360. The Morgan fingerprint density at radius 1 is 1.00 bits per heavy atom. The molecule has 1 aromatic heterocycles. The molecule has 244 valence electrons. The largest absolute Gasteiger partial charge is 0.338 e. The van der Waals surface area contributed by atoms with E-state index in [2.05, 4.69) is 25.9 Å². The smallest absolute Gasteiger partial charge is 0.315 e. The van der Waals surface area contributed by atoms with Crippen molar-refractivity contribution in [3.63, 3.8) is 0 Å². The highest BCUT2D eigenvalue weighted by molar-refractivity contribution is 6.00. The number of carbonyl (C=O) groups excluding carboxylic acids is 4. The molecule has 2 heterocycles. The first-order valence-electron chi connectivity index (χ1n) is 16.4. The van der Waals surface area contributed by atoms with Gasteiger partial charge < -0.3 is 25.8 Å². The number of ketones is 1. The number of aryl methyl sites for hydroxylation is 1. The standard InChI is InChI=1S/C33H46FN7O4/c1-3-41-29(13-14-35-41)30(42)21-25(23-7-5-4-6-8-23)31(43)37-27-12-9-22(19-26(27)34)20-28(38-33(45)36-24-10-11-24)32(44)40-17-15-39(2)16-18-40/h9,12-14,19,23-25,28H,3-8,10-11,15-18,20-21H2,1-2H3,(H,37,43)(H2,36,38,45)/t25-,28+/m0/s1. The number of likely N-dealkylation sites (N-methyl/N-ethyl adjacent to an activating group) is 1. The molecule has 1 aliphatic heterocycles. The molecule has 0 spiro atoms. The minimum atomic E-state index is -0.856. The highest BCUT2D eigenvalue weighted by atomic mass is 19.1. The first-order chi connectivity index (χ1) is 21.7. The van der Waals surface area contributed by atoms with Gasteiger partial charge in [0.2, 0.25) is 11.8 Å². The molecule has 0 bridgehead atoms. The zero-order chi connectivity index (χ0) is 31.9. The van der Waals surface area contributed by atoms with Crippen LogP contribution in [-0.4, -0.2) is 88.5 Å². The van der Waals surface area contributed by atoms with E-state index in [1.54, 1.807) is 27.9 Å². The number of nitrogens with zero attached hydrogens (tertiary/aromatic N) is 4. The number of amides is 4. The van der Waals surface area contributed by atoms with Crippen molar-refractivity contribution in [3.05, 3.63) is 47.5 Å². The minimum Gasteiger partial charge on any atom is -0.338 e. The first kappa shape index (κ1) is 32.6. The Morgan fingerprint density at radius 3 is 2.40 bits per heavy atom. The van der Waals surface area contributed by atoms with Crippen molar-refractivity contribution in [2.45, 2.75) is 83.3 Å². The number of benzene rings is 1. The summed E-state index contributed by atoms with van der Waals surface area (Å²) in [6.07, 6.45) is 8.37. The fourth-order valence-electron chi connectivity index (χ4n) is 6.44. The minimum absolute atomic E-state index is 0.0250. The lowest BCUT2D eigenvalue weighted by Crippen LogP contribution is -2.56. The van der Waals surface area contributed by atoms with Gasteiger partial charge in [0.25, 0.3) is 0 Å². The highest BCUT2D eigenvalue weighted by Crippen LogP contribution is 2.34. The molecule has 2 saturated carbocycles. The summed E-state index contributed by atoms with van der Waals surface area (Å²) in [5.41, 5.74) is 1.02. The third-order valence-corrected chi connectivity index (χ3v) is 9.32. The molecule has 5 rings (SSSR count). The molecule has 0 unspecified atom stereocenters. The summed E-state index contributed by atoms with van der Waals surface area (Å²) in [6.45, 7) is 5.06. The van der Waals surface area contributed by atoms with E-state index in [0.29, 0.717) is 30.9 Å². The third kappa shape index (κ3) is 8.68. The zero-order valence-corrected chi connectivity index (χ0v) is 26.4. The van der Waals surface area contributed by atoms with Crippen LogP contribution in [0.3, 0.4) is 0 Å². The van der Waals surface area contributed by atoms with Crippen molar-refractivity contribution >= 4 is 29.3 Å². The number of hydrogen-bond acceptors (Lipinski definition) is 6. The summed E-state index contributed by atoms with van der Waals surface area (Å²) < 4.78 is 17.1.